The van der Waals surface area contributed by atoms with Crippen molar-refractivity contribution in [2.45, 2.75) is 44.2 Å². The minimum absolute atomic E-state index is 0.197. The minimum Gasteiger partial charge on any atom is -0.473 e. The third-order valence-electron chi connectivity index (χ3n) is 8.06. The van der Waals surface area contributed by atoms with Crippen LogP contribution in [0.25, 0.3) is 11.0 Å². The number of hydrogen-bond acceptors (Lipinski definition) is 7. The number of amides is 1. The highest BCUT2D eigenvalue weighted by Crippen LogP contribution is 2.32. The Morgan fingerprint density at radius 3 is 2.69 bits per heavy atom. The Bertz CT molecular complexity index is 1560. The first-order valence-electron chi connectivity index (χ1n) is 14.3. The van der Waals surface area contributed by atoms with E-state index in [4.69, 9.17) is 32.7 Å². The van der Waals surface area contributed by atoms with Gasteiger partial charge in [-0.3, -0.25) is 9.89 Å². The second kappa shape index (κ2) is 12.9. The first kappa shape index (κ1) is 28.7. The molecular formula is C31H34Cl2N6O3. The van der Waals surface area contributed by atoms with E-state index in [1.165, 1.54) is 5.56 Å². The monoisotopic (exact) mass is 608 g/mol. The summed E-state index contributed by atoms with van der Waals surface area (Å²) in [6, 6.07) is 15.2. The summed E-state index contributed by atoms with van der Waals surface area (Å²) >= 11 is 12.4. The summed E-state index contributed by atoms with van der Waals surface area (Å²) in [5, 5.41) is 15.0. The summed E-state index contributed by atoms with van der Waals surface area (Å²) in [5.74, 6) is 0.928. The first-order chi connectivity index (χ1) is 20.4. The molecule has 2 fully saturated rings. The van der Waals surface area contributed by atoms with Crippen molar-refractivity contribution in [3.63, 3.8) is 0 Å². The molecule has 2 aromatic heterocycles. The number of ether oxygens (including phenoxy) is 2. The third kappa shape index (κ3) is 6.65. The molecule has 3 N–H and O–H groups in total. The molecule has 220 valence electrons. The second-order valence-electron chi connectivity index (χ2n) is 11.0. The van der Waals surface area contributed by atoms with Crippen LogP contribution in [0.15, 0.2) is 48.5 Å². The lowest BCUT2D eigenvalue weighted by Crippen LogP contribution is -2.30. The molecule has 0 spiro atoms. The average molecular weight is 610 g/mol. The van der Waals surface area contributed by atoms with Crippen LogP contribution >= 0.6 is 23.2 Å². The number of nitrogens with zero attached hydrogens (tertiary/aromatic N) is 3. The van der Waals surface area contributed by atoms with Crippen molar-refractivity contribution in [1.29, 1.82) is 0 Å². The number of rotatable bonds is 8. The lowest BCUT2D eigenvalue weighted by atomic mass is 9.88. The van der Waals surface area contributed by atoms with Gasteiger partial charge in [-0.25, -0.2) is 4.98 Å². The SMILES string of the molecule is CN1CCC(c2ccc(C(=O)Nc3n[nH]c4ccc(OCc5cc(Cl)ccc5Cl)nc34)c(NC3CCOCC3)c2)CC1. The molecule has 6 rings (SSSR count). The molecule has 1 amide bonds. The number of hydrogen-bond donors (Lipinski definition) is 3. The number of halogens is 2. The maximum Gasteiger partial charge on any atom is 0.259 e. The van der Waals surface area contributed by atoms with Gasteiger partial charge in [0, 0.05) is 46.6 Å². The number of H-pyrrole nitrogens is 1. The predicted octanol–water partition coefficient (Wildman–Crippen LogP) is 6.50. The van der Waals surface area contributed by atoms with Gasteiger partial charge >= 0.3 is 0 Å². The molecule has 0 bridgehead atoms. The number of fused-ring (bicyclic) bond motifs is 1. The molecule has 0 saturated carbocycles. The molecule has 4 aromatic rings. The molecule has 0 unspecified atom stereocenters. The molecule has 2 aliphatic rings. The third-order valence-corrected chi connectivity index (χ3v) is 8.66. The number of nitrogens with one attached hydrogen (secondary N) is 3. The Morgan fingerprint density at radius 1 is 1.07 bits per heavy atom. The van der Waals surface area contributed by atoms with E-state index in [0.29, 0.717) is 57.5 Å². The Balaban J connectivity index is 1.22. The normalized spacial score (nSPS) is 16.9. The maximum atomic E-state index is 13.7. The average Bonchev–Trinajstić information content (AvgIpc) is 3.40. The molecule has 2 saturated heterocycles. The number of carbonyl (C=O) groups is 1. The van der Waals surface area contributed by atoms with Crippen LogP contribution in [0.1, 0.15) is 53.1 Å². The van der Waals surface area contributed by atoms with Crippen LogP contribution in [0.5, 0.6) is 5.88 Å². The predicted molar refractivity (Wildman–Crippen MR) is 166 cm³/mol. The van der Waals surface area contributed by atoms with Crippen molar-refractivity contribution in [3.8, 4) is 5.88 Å². The highest BCUT2D eigenvalue weighted by atomic mass is 35.5. The van der Waals surface area contributed by atoms with Crippen molar-refractivity contribution in [3.05, 3.63) is 75.3 Å². The number of pyridine rings is 1. The van der Waals surface area contributed by atoms with Crippen molar-refractivity contribution >= 4 is 51.6 Å². The van der Waals surface area contributed by atoms with Crippen molar-refractivity contribution in [2.24, 2.45) is 0 Å². The molecule has 11 heteroatoms. The fraction of sp³-hybridized carbons (Fsp3) is 0.387. The molecular weight excluding hydrogens is 575 g/mol. The highest BCUT2D eigenvalue weighted by molar-refractivity contribution is 6.33. The summed E-state index contributed by atoms with van der Waals surface area (Å²) in [6.07, 6.45) is 4.02. The lowest BCUT2D eigenvalue weighted by Gasteiger charge is -2.30. The first-order valence-corrected chi connectivity index (χ1v) is 15.1. The Labute approximate surface area is 254 Å². The van der Waals surface area contributed by atoms with Crippen LogP contribution in [0.3, 0.4) is 0 Å². The van der Waals surface area contributed by atoms with Gasteiger partial charge in [0.2, 0.25) is 5.88 Å². The van der Waals surface area contributed by atoms with E-state index in [-0.39, 0.29) is 18.6 Å². The van der Waals surface area contributed by atoms with Crippen LogP contribution in [-0.4, -0.2) is 65.4 Å². The zero-order valence-corrected chi connectivity index (χ0v) is 25.0. The largest absolute Gasteiger partial charge is 0.473 e. The van der Waals surface area contributed by atoms with Crippen LogP contribution < -0.4 is 15.4 Å². The number of anilines is 2. The van der Waals surface area contributed by atoms with Crippen molar-refractivity contribution in [2.75, 3.05) is 44.0 Å². The maximum absolute atomic E-state index is 13.7. The molecule has 0 atom stereocenters. The van der Waals surface area contributed by atoms with Crippen LogP contribution in [-0.2, 0) is 11.3 Å². The number of aromatic nitrogens is 3. The Morgan fingerprint density at radius 2 is 1.88 bits per heavy atom. The smallest absolute Gasteiger partial charge is 0.259 e. The second-order valence-corrected chi connectivity index (χ2v) is 11.9. The molecule has 0 radical (unpaired) electrons. The molecule has 4 heterocycles. The number of aromatic amines is 1. The fourth-order valence-electron chi connectivity index (χ4n) is 5.57. The van der Waals surface area contributed by atoms with E-state index in [9.17, 15) is 4.79 Å². The van der Waals surface area contributed by atoms with Gasteiger partial charge in [-0.2, -0.15) is 5.10 Å². The molecule has 9 nitrogen and oxygen atoms in total. The van der Waals surface area contributed by atoms with Crippen LogP contribution in [0.4, 0.5) is 11.5 Å². The topological polar surface area (TPSA) is 104 Å². The lowest BCUT2D eigenvalue weighted by molar-refractivity contribution is 0.0904. The summed E-state index contributed by atoms with van der Waals surface area (Å²) in [4.78, 5) is 20.7. The summed E-state index contributed by atoms with van der Waals surface area (Å²) < 4.78 is 11.5. The van der Waals surface area contributed by atoms with Gasteiger partial charge < -0.3 is 25.0 Å². The van der Waals surface area contributed by atoms with E-state index in [1.807, 2.05) is 12.1 Å². The molecule has 42 heavy (non-hydrogen) atoms. The van der Waals surface area contributed by atoms with Crippen molar-refractivity contribution in [1.82, 2.24) is 20.1 Å². The number of piperidine rings is 1. The number of likely N-dealkylation sites (tertiary alicyclic amines) is 1. The van der Waals surface area contributed by atoms with Gasteiger partial charge in [0.1, 0.15) is 12.1 Å². The van der Waals surface area contributed by atoms with Crippen molar-refractivity contribution < 1.29 is 14.3 Å². The highest BCUT2D eigenvalue weighted by Gasteiger charge is 2.23. The van der Waals surface area contributed by atoms with Gasteiger partial charge in [-0.15, -0.1) is 0 Å². The molecule has 2 aliphatic heterocycles. The quantitative estimate of drug-likeness (QED) is 0.210. The number of benzene rings is 2. The summed E-state index contributed by atoms with van der Waals surface area (Å²) in [6.45, 7) is 3.78. The number of carbonyl (C=O) groups excluding carboxylic acids is 1. The van der Waals surface area contributed by atoms with E-state index in [2.05, 4.69) is 49.9 Å². The summed E-state index contributed by atoms with van der Waals surface area (Å²) in [7, 11) is 2.17. The van der Waals surface area contributed by atoms with Crippen LogP contribution in [0.2, 0.25) is 10.0 Å². The van der Waals surface area contributed by atoms with E-state index < -0.39 is 0 Å². The Kier molecular flexibility index (Phi) is 8.81. The molecule has 2 aromatic carbocycles. The zero-order chi connectivity index (χ0) is 29.1. The van der Waals surface area contributed by atoms with Gasteiger partial charge in [0.25, 0.3) is 5.91 Å². The minimum atomic E-state index is -0.258. The molecule has 0 aliphatic carbocycles. The standard InChI is InChI=1S/C31H34Cl2N6O3/c1-39-12-8-19(9-13-39)20-2-4-24(27(17-20)34-23-10-14-41-15-11-23)31(40)36-30-29-26(37-38-30)6-7-28(35-29)42-18-21-16-22(32)3-5-25(21)33/h2-7,16-17,19,23,34H,8-15,18H2,1H3,(H2,36,37,38,40). The van der Waals surface area contributed by atoms with Gasteiger partial charge in [-0.1, -0.05) is 29.3 Å². The van der Waals surface area contributed by atoms with E-state index >= 15 is 0 Å². The van der Waals surface area contributed by atoms with E-state index in [0.717, 1.165) is 50.0 Å². The summed E-state index contributed by atoms with van der Waals surface area (Å²) in [5.41, 5.74) is 4.60. The van der Waals surface area contributed by atoms with Gasteiger partial charge in [0.15, 0.2) is 5.82 Å². The fourth-order valence-corrected chi connectivity index (χ4v) is 5.93. The van der Waals surface area contributed by atoms with Gasteiger partial charge in [-0.05, 0) is 93.7 Å². The van der Waals surface area contributed by atoms with Gasteiger partial charge in [0.05, 0.1) is 11.1 Å². The Hall–Kier alpha value is -3.37. The van der Waals surface area contributed by atoms with E-state index in [1.54, 1.807) is 24.3 Å². The van der Waals surface area contributed by atoms with Crippen LogP contribution in [0, 0.1) is 0 Å². The zero-order valence-electron chi connectivity index (χ0n) is 23.5.